The summed E-state index contributed by atoms with van der Waals surface area (Å²) in [5.41, 5.74) is 4.82. The van der Waals surface area contributed by atoms with Crippen molar-refractivity contribution < 1.29 is 4.39 Å². The van der Waals surface area contributed by atoms with Crippen molar-refractivity contribution in [2.45, 2.75) is 19.5 Å². The van der Waals surface area contributed by atoms with E-state index in [-0.39, 0.29) is 11.9 Å². The van der Waals surface area contributed by atoms with Crippen LogP contribution in [0.3, 0.4) is 0 Å². The van der Waals surface area contributed by atoms with Crippen LogP contribution in [0.5, 0.6) is 0 Å². The molecule has 0 saturated carbocycles. The zero-order valence-corrected chi connectivity index (χ0v) is 20.4. The molecule has 1 saturated heterocycles. The molecule has 35 heavy (non-hydrogen) atoms. The van der Waals surface area contributed by atoms with Gasteiger partial charge in [-0.25, -0.2) is 4.39 Å². The van der Waals surface area contributed by atoms with Gasteiger partial charge in [0, 0.05) is 62.4 Å². The summed E-state index contributed by atoms with van der Waals surface area (Å²) in [7, 11) is 0. The van der Waals surface area contributed by atoms with Gasteiger partial charge in [0.2, 0.25) is 0 Å². The number of benzene rings is 1. The third kappa shape index (κ3) is 5.59. The number of amidine groups is 1. The van der Waals surface area contributed by atoms with Crippen molar-refractivity contribution in [1.29, 1.82) is 0 Å². The molecule has 2 aliphatic heterocycles. The van der Waals surface area contributed by atoms with E-state index >= 15 is 0 Å². The lowest BCUT2D eigenvalue weighted by Crippen LogP contribution is -2.48. The molecular formula is C27H28ClFN6. The van der Waals surface area contributed by atoms with E-state index in [0.717, 1.165) is 67.5 Å². The monoisotopic (exact) mass is 490 g/mol. The second kappa shape index (κ2) is 10.6. The van der Waals surface area contributed by atoms with Crippen molar-refractivity contribution in [3.63, 3.8) is 0 Å². The number of piperazine rings is 1. The minimum absolute atomic E-state index is 0.304. The summed E-state index contributed by atoms with van der Waals surface area (Å²) >= 11 is 6.46. The molecule has 2 aromatic heterocycles. The van der Waals surface area contributed by atoms with E-state index < -0.39 is 0 Å². The fourth-order valence-electron chi connectivity index (χ4n) is 4.54. The molecule has 2 aliphatic rings. The summed E-state index contributed by atoms with van der Waals surface area (Å²) < 4.78 is 13.7. The predicted molar refractivity (Wildman–Crippen MR) is 137 cm³/mol. The SMILES string of the molecule is CC1=C(CN2CCN(Cc3ccccn3)CC2)NC(c2ccccn2)=NC1c1ccc(F)cc1Cl. The zero-order valence-electron chi connectivity index (χ0n) is 19.7. The number of hydrogen-bond donors (Lipinski definition) is 1. The van der Waals surface area contributed by atoms with E-state index in [1.165, 1.54) is 12.1 Å². The van der Waals surface area contributed by atoms with Gasteiger partial charge in [0.25, 0.3) is 0 Å². The number of rotatable bonds is 6. The topological polar surface area (TPSA) is 56.6 Å². The Bertz CT molecular complexity index is 1220. The van der Waals surface area contributed by atoms with Gasteiger partial charge in [-0.3, -0.25) is 24.8 Å². The fraction of sp³-hybridized carbons (Fsp3) is 0.296. The van der Waals surface area contributed by atoms with Gasteiger partial charge >= 0.3 is 0 Å². The number of hydrogen-bond acceptors (Lipinski definition) is 6. The van der Waals surface area contributed by atoms with E-state index in [2.05, 4.69) is 38.1 Å². The Kier molecular flexibility index (Phi) is 7.18. The Balaban J connectivity index is 1.34. The number of halogens is 2. The highest BCUT2D eigenvalue weighted by molar-refractivity contribution is 6.31. The molecule has 1 fully saturated rings. The Morgan fingerprint density at radius 1 is 0.943 bits per heavy atom. The van der Waals surface area contributed by atoms with Crippen LogP contribution in [0.4, 0.5) is 4.39 Å². The smallest absolute Gasteiger partial charge is 0.152 e. The molecule has 8 heteroatoms. The van der Waals surface area contributed by atoms with Gasteiger partial charge in [-0.2, -0.15) is 0 Å². The highest BCUT2D eigenvalue weighted by atomic mass is 35.5. The normalized spacial score (nSPS) is 19.4. The average Bonchev–Trinajstić information content (AvgIpc) is 2.88. The van der Waals surface area contributed by atoms with Crippen molar-refractivity contribution in [3.05, 3.63) is 106 Å². The minimum Gasteiger partial charge on any atom is -0.341 e. The zero-order chi connectivity index (χ0) is 24.2. The van der Waals surface area contributed by atoms with Crippen LogP contribution < -0.4 is 5.32 Å². The molecule has 180 valence electrons. The maximum Gasteiger partial charge on any atom is 0.152 e. The lowest BCUT2D eigenvalue weighted by molar-refractivity contribution is 0.132. The first-order valence-electron chi connectivity index (χ1n) is 11.8. The van der Waals surface area contributed by atoms with Crippen molar-refractivity contribution >= 4 is 17.4 Å². The van der Waals surface area contributed by atoms with Gasteiger partial charge in [-0.15, -0.1) is 0 Å². The molecule has 1 aromatic carbocycles. The van der Waals surface area contributed by atoms with Crippen LogP contribution in [0.25, 0.3) is 0 Å². The van der Waals surface area contributed by atoms with Crippen LogP contribution >= 0.6 is 11.6 Å². The Hall–Kier alpha value is -3.13. The number of aromatic nitrogens is 2. The molecule has 1 atom stereocenters. The molecule has 0 amide bonds. The largest absolute Gasteiger partial charge is 0.341 e. The van der Waals surface area contributed by atoms with Crippen LogP contribution in [0.1, 0.15) is 29.9 Å². The van der Waals surface area contributed by atoms with E-state index in [1.54, 1.807) is 12.3 Å². The standard InChI is InChI=1S/C27H28ClFN6/c1-19-25(18-35-14-12-34(13-15-35)17-21-6-2-4-10-30-21)32-27(24-7-3-5-11-31-24)33-26(19)22-9-8-20(29)16-23(22)28/h2-11,16,26H,12-15,17-18H2,1H3,(H,32,33). The van der Waals surface area contributed by atoms with Crippen molar-refractivity contribution in [1.82, 2.24) is 25.1 Å². The fourth-order valence-corrected chi connectivity index (χ4v) is 4.81. The van der Waals surface area contributed by atoms with Crippen molar-refractivity contribution in [2.24, 2.45) is 4.99 Å². The third-order valence-electron chi connectivity index (χ3n) is 6.54. The van der Waals surface area contributed by atoms with Gasteiger partial charge in [0.1, 0.15) is 17.6 Å². The predicted octanol–water partition coefficient (Wildman–Crippen LogP) is 4.45. The van der Waals surface area contributed by atoms with E-state index in [0.29, 0.717) is 10.9 Å². The van der Waals surface area contributed by atoms with Gasteiger partial charge in [-0.05, 0) is 54.5 Å². The second-order valence-electron chi connectivity index (χ2n) is 8.92. The second-order valence-corrected chi connectivity index (χ2v) is 9.33. The third-order valence-corrected chi connectivity index (χ3v) is 6.86. The summed E-state index contributed by atoms with van der Waals surface area (Å²) in [5, 5.41) is 3.91. The summed E-state index contributed by atoms with van der Waals surface area (Å²) in [5.74, 6) is 0.345. The van der Waals surface area contributed by atoms with Gasteiger partial charge < -0.3 is 5.32 Å². The molecule has 0 aliphatic carbocycles. The molecule has 1 N–H and O–H groups in total. The lowest BCUT2D eigenvalue weighted by Gasteiger charge is -2.36. The Morgan fingerprint density at radius 3 is 2.31 bits per heavy atom. The van der Waals surface area contributed by atoms with Gasteiger partial charge in [0.15, 0.2) is 5.84 Å². The lowest BCUT2D eigenvalue weighted by atomic mass is 9.96. The molecule has 5 rings (SSSR count). The minimum atomic E-state index is -0.355. The average molecular weight is 491 g/mol. The molecule has 4 heterocycles. The molecular weight excluding hydrogens is 463 g/mol. The number of pyridine rings is 2. The molecule has 3 aromatic rings. The van der Waals surface area contributed by atoms with E-state index in [9.17, 15) is 4.39 Å². The Morgan fingerprint density at radius 2 is 1.66 bits per heavy atom. The van der Waals surface area contributed by atoms with E-state index in [4.69, 9.17) is 16.6 Å². The highest BCUT2D eigenvalue weighted by Gasteiger charge is 2.28. The van der Waals surface area contributed by atoms with Crippen LogP contribution in [-0.2, 0) is 6.54 Å². The number of nitrogens with one attached hydrogen (secondary N) is 1. The molecule has 0 spiro atoms. The first-order chi connectivity index (χ1) is 17.1. The van der Waals surface area contributed by atoms with Gasteiger partial charge in [0.05, 0.1) is 5.69 Å². The summed E-state index contributed by atoms with van der Waals surface area (Å²) in [6, 6.07) is 16.0. The van der Waals surface area contributed by atoms with Gasteiger partial charge in [-0.1, -0.05) is 29.8 Å². The quantitative estimate of drug-likeness (QED) is 0.553. The maximum absolute atomic E-state index is 13.7. The highest BCUT2D eigenvalue weighted by Crippen LogP contribution is 2.35. The molecule has 0 radical (unpaired) electrons. The molecule has 6 nitrogen and oxygen atoms in total. The molecule has 1 unspecified atom stereocenters. The van der Waals surface area contributed by atoms with Crippen molar-refractivity contribution in [2.75, 3.05) is 32.7 Å². The summed E-state index contributed by atoms with van der Waals surface area (Å²) in [6.07, 6.45) is 3.60. The number of nitrogens with zero attached hydrogens (tertiary/aromatic N) is 5. The van der Waals surface area contributed by atoms with Crippen molar-refractivity contribution in [3.8, 4) is 0 Å². The maximum atomic E-state index is 13.7. The first kappa shape index (κ1) is 23.6. The number of aliphatic imine (C=N–C) groups is 1. The first-order valence-corrected chi connectivity index (χ1v) is 12.2. The van der Waals surface area contributed by atoms with Crippen LogP contribution in [0.15, 0.2) is 83.3 Å². The molecule has 0 bridgehead atoms. The van der Waals surface area contributed by atoms with Crippen LogP contribution in [-0.4, -0.2) is 58.3 Å². The summed E-state index contributed by atoms with van der Waals surface area (Å²) in [6.45, 7) is 7.60. The Labute approximate surface area is 210 Å². The van der Waals surface area contributed by atoms with E-state index in [1.807, 2.05) is 36.5 Å². The summed E-state index contributed by atoms with van der Waals surface area (Å²) in [4.78, 5) is 18.8. The van der Waals surface area contributed by atoms with Crippen LogP contribution in [0, 0.1) is 5.82 Å². The van der Waals surface area contributed by atoms with Crippen LogP contribution in [0.2, 0.25) is 5.02 Å².